The van der Waals surface area contributed by atoms with Gasteiger partial charge >= 0.3 is 0 Å². The summed E-state index contributed by atoms with van der Waals surface area (Å²) in [5, 5.41) is 4.78. The molecule has 0 saturated heterocycles. The minimum absolute atomic E-state index is 0.0512. The number of nitrogens with zero attached hydrogens (tertiary/aromatic N) is 4. The van der Waals surface area contributed by atoms with E-state index in [0.29, 0.717) is 27.8 Å². The second kappa shape index (κ2) is 9.35. The molecule has 3 aromatic rings. The van der Waals surface area contributed by atoms with Crippen molar-refractivity contribution in [2.45, 2.75) is 19.9 Å². The van der Waals surface area contributed by atoms with Crippen LogP contribution in [0.15, 0.2) is 77.9 Å². The maximum Gasteiger partial charge on any atom is 0.237 e. The van der Waals surface area contributed by atoms with Gasteiger partial charge in [-0.2, -0.15) is 0 Å². The third-order valence-corrected chi connectivity index (χ3v) is 5.72. The zero-order valence-electron chi connectivity index (χ0n) is 19.5. The lowest BCUT2D eigenvalue weighted by molar-refractivity contribution is 0.400. The SMILES string of the molecule is COc1ncccc1Nc1cc2nc3cc(F)ccc3n(-c3ccc(Cl)cc3)c-2c/c1=N\C(C)C. The summed E-state index contributed by atoms with van der Waals surface area (Å²) in [6, 6.07) is 19.8. The molecule has 176 valence electrons. The van der Waals surface area contributed by atoms with Crippen molar-refractivity contribution >= 4 is 34.0 Å². The van der Waals surface area contributed by atoms with Gasteiger partial charge in [-0.1, -0.05) is 11.6 Å². The molecule has 2 aliphatic rings. The highest BCUT2D eigenvalue weighted by molar-refractivity contribution is 6.30. The van der Waals surface area contributed by atoms with Gasteiger partial charge in [0.25, 0.3) is 0 Å². The molecule has 0 atom stereocenters. The van der Waals surface area contributed by atoms with E-state index in [1.807, 2.05) is 66.9 Å². The van der Waals surface area contributed by atoms with Crippen LogP contribution in [0.2, 0.25) is 5.02 Å². The predicted molar refractivity (Wildman–Crippen MR) is 137 cm³/mol. The number of nitrogens with one attached hydrogen (secondary N) is 1. The number of methoxy groups -OCH3 is 1. The number of hydrogen-bond donors (Lipinski definition) is 1. The molecule has 0 fully saturated rings. The number of benzene rings is 3. The highest BCUT2D eigenvalue weighted by Crippen LogP contribution is 2.32. The summed E-state index contributed by atoms with van der Waals surface area (Å²) >= 11 is 6.15. The fourth-order valence-corrected chi connectivity index (χ4v) is 4.14. The van der Waals surface area contributed by atoms with Gasteiger partial charge in [0.2, 0.25) is 5.88 Å². The van der Waals surface area contributed by atoms with Crippen LogP contribution < -0.4 is 15.4 Å². The van der Waals surface area contributed by atoms with Crippen LogP contribution >= 0.6 is 11.6 Å². The molecule has 5 rings (SSSR count). The molecule has 8 heteroatoms. The lowest BCUT2D eigenvalue weighted by Crippen LogP contribution is -2.16. The van der Waals surface area contributed by atoms with Crippen molar-refractivity contribution < 1.29 is 9.13 Å². The molecule has 6 nitrogen and oxygen atoms in total. The van der Waals surface area contributed by atoms with Crippen molar-refractivity contribution in [3.63, 3.8) is 0 Å². The van der Waals surface area contributed by atoms with Crippen molar-refractivity contribution in [1.82, 2.24) is 14.5 Å². The topological polar surface area (TPSA) is 64.3 Å². The van der Waals surface area contributed by atoms with E-state index in [4.69, 9.17) is 26.3 Å². The Morgan fingerprint density at radius 2 is 1.83 bits per heavy atom. The zero-order chi connectivity index (χ0) is 24.5. The Morgan fingerprint density at radius 1 is 1.03 bits per heavy atom. The van der Waals surface area contributed by atoms with Gasteiger partial charge in [0.15, 0.2) is 0 Å². The molecule has 1 aliphatic heterocycles. The van der Waals surface area contributed by atoms with Crippen LogP contribution in [-0.4, -0.2) is 27.7 Å². The summed E-state index contributed by atoms with van der Waals surface area (Å²) in [5.41, 5.74) is 5.12. The Labute approximate surface area is 207 Å². The van der Waals surface area contributed by atoms with E-state index in [9.17, 15) is 4.39 Å². The minimum atomic E-state index is -0.350. The molecule has 0 radical (unpaired) electrons. The first kappa shape index (κ1) is 22.8. The number of ether oxygens (including phenoxy) is 1. The maximum absolute atomic E-state index is 14.2. The minimum Gasteiger partial charge on any atom is -0.480 e. The summed E-state index contributed by atoms with van der Waals surface area (Å²) < 4.78 is 21.6. The molecule has 1 aromatic heterocycles. The van der Waals surface area contributed by atoms with E-state index in [1.165, 1.54) is 12.1 Å². The van der Waals surface area contributed by atoms with Crippen LogP contribution in [0.3, 0.4) is 0 Å². The molecule has 0 amide bonds. The number of fused-ring (bicyclic) bond motifs is 2. The fourth-order valence-electron chi connectivity index (χ4n) is 4.02. The normalized spacial score (nSPS) is 12.0. The number of halogens is 2. The van der Waals surface area contributed by atoms with Crippen LogP contribution in [0.25, 0.3) is 28.1 Å². The molecule has 0 saturated carbocycles. The van der Waals surface area contributed by atoms with Crippen molar-refractivity contribution in [2.24, 2.45) is 4.99 Å². The third-order valence-electron chi connectivity index (χ3n) is 5.47. The lowest BCUT2D eigenvalue weighted by Gasteiger charge is -2.20. The molecule has 35 heavy (non-hydrogen) atoms. The lowest BCUT2D eigenvalue weighted by atomic mass is 10.1. The predicted octanol–water partition coefficient (Wildman–Crippen LogP) is 6.38. The molecule has 1 N–H and O–H groups in total. The first-order valence-corrected chi connectivity index (χ1v) is 11.5. The van der Waals surface area contributed by atoms with Crippen LogP contribution in [0.4, 0.5) is 15.8 Å². The first-order valence-electron chi connectivity index (χ1n) is 11.1. The number of hydrogen-bond acceptors (Lipinski definition) is 5. The highest BCUT2D eigenvalue weighted by atomic mass is 35.5. The second-order valence-corrected chi connectivity index (χ2v) is 8.76. The number of rotatable bonds is 5. The Kier molecular flexibility index (Phi) is 6.09. The van der Waals surface area contributed by atoms with E-state index in [0.717, 1.165) is 27.9 Å². The van der Waals surface area contributed by atoms with E-state index in [2.05, 4.69) is 10.3 Å². The molecular formula is C27H23ClFN5O. The second-order valence-electron chi connectivity index (χ2n) is 8.32. The molecule has 2 heterocycles. The van der Waals surface area contributed by atoms with Gasteiger partial charge < -0.3 is 14.6 Å². The molecule has 0 bridgehead atoms. The third kappa shape index (κ3) is 4.55. The van der Waals surface area contributed by atoms with E-state index in [-0.39, 0.29) is 11.9 Å². The number of aromatic nitrogens is 3. The van der Waals surface area contributed by atoms with Crippen molar-refractivity contribution in [3.8, 4) is 23.0 Å². The van der Waals surface area contributed by atoms with Gasteiger partial charge in [-0.25, -0.2) is 14.4 Å². The van der Waals surface area contributed by atoms with Crippen molar-refractivity contribution in [2.75, 3.05) is 12.4 Å². The van der Waals surface area contributed by atoms with Crippen molar-refractivity contribution in [3.05, 3.63) is 89.1 Å². The molecular weight excluding hydrogens is 465 g/mol. The Bertz CT molecular complexity index is 1560. The average Bonchev–Trinajstić information content (AvgIpc) is 2.84. The Balaban J connectivity index is 1.83. The van der Waals surface area contributed by atoms with Crippen LogP contribution in [0.5, 0.6) is 5.88 Å². The van der Waals surface area contributed by atoms with Gasteiger partial charge in [0.1, 0.15) is 11.5 Å². The summed E-state index contributed by atoms with van der Waals surface area (Å²) in [7, 11) is 1.57. The van der Waals surface area contributed by atoms with Gasteiger partial charge in [-0.3, -0.25) is 4.99 Å². The summed E-state index contributed by atoms with van der Waals surface area (Å²) in [4.78, 5) is 13.9. The maximum atomic E-state index is 14.2. The summed E-state index contributed by atoms with van der Waals surface area (Å²) in [5.74, 6) is 0.116. The molecule has 0 unspecified atom stereocenters. The van der Waals surface area contributed by atoms with Crippen LogP contribution in [0, 0.1) is 5.82 Å². The van der Waals surface area contributed by atoms with Gasteiger partial charge in [0.05, 0.1) is 40.6 Å². The number of pyridine rings is 1. The Morgan fingerprint density at radius 3 is 2.57 bits per heavy atom. The van der Waals surface area contributed by atoms with Gasteiger partial charge in [-0.15, -0.1) is 0 Å². The van der Waals surface area contributed by atoms with Gasteiger partial charge in [-0.05, 0) is 74.5 Å². The largest absolute Gasteiger partial charge is 0.480 e. The van der Waals surface area contributed by atoms with Crippen LogP contribution in [-0.2, 0) is 0 Å². The summed E-state index contributed by atoms with van der Waals surface area (Å²) in [6.07, 6.45) is 1.67. The average molecular weight is 488 g/mol. The number of anilines is 2. The van der Waals surface area contributed by atoms with E-state index in [1.54, 1.807) is 19.4 Å². The first-order chi connectivity index (χ1) is 16.9. The van der Waals surface area contributed by atoms with Gasteiger partial charge in [0, 0.05) is 29.0 Å². The molecule has 2 aromatic carbocycles. The van der Waals surface area contributed by atoms with Crippen LogP contribution in [0.1, 0.15) is 13.8 Å². The molecule has 1 aliphatic carbocycles. The smallest absolute Gasteiger partial charge is 0.237 e. The van der Waals surface area contributed by atoms with Crippen molar-refractivity contribution in [1.29, 1.82) is 0 Å². The highest BCUT2D eigenvalue weighted by Gasteiger charge is 2.18. The van der Waals surface area contributed by atoms with E-state index < -0.39 is 0 Å². The zero-order valence-corrected chi connectivity index (χ0v) is 20.2. The summed E-state index contributed by atoms with van der Waals surface area (Å²) in [6.45, 7) is 4.04. The standard InChI is InChI=1S/C27H23ClFN5O/c1-16(2)31-22-15-26-24(14-21(22)32-20-5-4-12-30-27(20)35-3)33-23-13-18(29)8-11-25(23)34(26)19-9-6-17(28)7-10-19/h4-16,32H,1-3H3/b31-22+. The monoisotopic (exact) mass is 487 g/mol. The quantitative estimate of drug-likeness (QED) is 0.292. The fraction of sp³-hybridized carbons (Fsp3) is 0.148. The molecule has 0 spiro atoms. The Hall–Kier alpha value is -3.97. The van der Waals surface area contributed by atoms with E-state index >= 15 is 0 Å².